The van der Waals surface area contributed by atoms with Crippen molar-refractivity contribution >= 4 is 17.3 Å². The second-order valence-electron chi connectivity index (χ2n) is 5.09. The number of aryl methyl sites for hydroxylation is 1. The van der Waals surface area contributed by atoms with E-state index in [1.54, 1.807) is 25.1 Å². The first kappa shape index (κ1) is 17.0. The van der Waals surface area contributed by atoms with E-state index in [9.17, 15) is 15.2 Å². The number of ether oxygens (including phenoxy) is 1. The molecule has 1 aromatic heterocycles. The molecule has 0 radical (unpaired) electrons. The van der Waals surface area contributed by atoms with E-state index in [4.69, 9.17) is 4.74 Å². The number of rotatable bonds is 7. The second kappa shape index (κ2) is 7.75. The van der Waals surface area contributed by atoms with Crippen LogP contribution in [0.25, 0.3) is 10.6 Å². The maximum absolute atomic E-state index is 11.2. The first-order chi connectivity index (χ1) is 11.1. The number of carboxylic acids is 1. The highest BCUT2D eigenvalue weighted by Gasteiger charge is 2.19. The standard InChI is InChI=1S/C17H18N2O3S/c1-3-4-5-9-22-14-12(10-18)7-6-8-13(14)16-19-11(2)15(23-16)17(20)21/h6-8H,3-5,9H2,1-2H3,(H,20,21). The third kappa shape index (κ3) is 3.88. The summed E-state index contributed by atoms with van der Waals surface area (Å²) in [6.45, 7) is 4.30. The summed E-state index contributed by atoms with van der Waals surface area (Å²) in [7, 11) is 0. The Morgan fingerprint density at radius 3 is 2.83 bits per heavy atom. The van der Waals surface area contributed by atoms with Crippen LogP contribution in [0, 0.1) is 18.3 Å². The average Bonchev–Trinajstić information content (AvgIpc) is 2.93. The van der Waals surface area contributed by atoms with Gasteiger partial charge in [0.05, 0.1) is 23.4 Å². The van der Waals surface area contributed by atoms with Gasteiger partial charge in [0.25, 0.3) is 0 Å². The summed E-state index contributed by atoms with van der Waals surface area (Å²) in [4.78, 5) is 15.7. The smallest absolute Gasteiger partial charge is 0.347 e. The molecule has 0 saturated heterocycles. The minimum Gasteiger partial charge on any atom is -0.491 e. The molecule has 0 atom stereocenters. The van der Waals surface area contributed by atoms with E-state index >= 15 is 0 Å². The van der Waals surface area contributed by atoms with Crippen molar-refractivity contribution < 1.29 is 14.6 Å². The van der Waals surface area contributed by atoms with Crippen LogP contribution in [0.5, 0.6) is 5.75 Å². The predicted molar refractivity (Wildman–Crippen MR) is 89.0 cm³/mol. The van der Waals surface area contributed by atoms with Crippen molar-refractivity contribution in [3.8, 4) is 22.4 Å². The summed E-state index contributed by atoms with van der Waals surface area (Å²) in [6, 6.07) is 7.38. The Kier molecular flexibility index (Phi) is 5.72. The van der Waals surface area contributed by atoms with Crippen LogP contribution >= 0.6 is 11.3 Å². The summed E-state index contributed by atoms with van der Waals surface area (Å²) in [6.07, 6.45) is 3.06. The molecule has 1 N–H and O–H groups in total. The summed E-state index contributed by atoms with van der Waals surface area (Å²) in [5, 5.41) is 19.0. The van der Waals surface area contributed by atoms with Gasteiger partial charge >= 0.3 is 5.97 Å². The molecule has 0 fully saturated rings. The van der Waals surface area contributed by atoms with Gasteiger partial charge in [-0.05, 0) is 25.5 Å². The van der Waals surface area contributed by atoms with Crippen LogP contribution < -0.4 is 4.74 Å². The van der Waals surface area contributed by atoms with Crippen LogP contribution in [0.3, 0.4) is 0 Å². The first-order valence-corrected chi connectivity index (χ1v) is 8.27. The van der Waals surface area contributed by atoms with Gasteiger partial charge in [0.2, 0.25) is 0 Å². The van der Waals surface area contributed by atoms with Crippen LogP contribution in [0.1, 0.15) is 47.1 Å². The Morgan fingerprint density at radius 2 is 2.22 bits per heavy atom. The highest BCUT2D eigenvalue weighted by atomic mass is 32.1. The maximum atomic E-state index is 11.2. The van der Waals surface area contributed by atoms with Crippen molar-refractivity contribution in [2.45, 2.75) is 33.1 Å². The van der Waals surface area contributed by atoms with Gasteiger partial charge in [-0.1, -0.05) is 25.8 Å². The molecule has 1 aromatic carbocycles. The van der Waals surface area contributed by atoms with E-state index in [2.05, 4.69) is 18.0 Å². The summed E-state index contributed by atoms with van der Waals surface area (Å²) >= 11 is 1.10. The molecule has 0 spiro atoms. The number of hydrogen-bond donors (Lipinski definition) is 1. The topological polar surface area (TPSA) is 83.2 Å². The van der Waals surface area contributed by atoms with E-state index in [0.29, 0.717) is 34.2 Å². The number of carbonyl (C=O) groups is 1. The number of benzene rings is 1. The first-order valence-electron chi connectivity index (χ1n) is 7.45. The molecule has 5 nitrogen and oxygen atoms in total. The molecule has 23 heavy (non-hydrogen) atoms. The van der Waals surface area contributed by atoms with Gasteiger partial charge in [-0.2, -0.15) is 5.26 Å². The van der Waals surface area contributed by atoms with Crippen molar-refractivity contribution in [1.29, 1.82) is 5.26 Å². The van der Waals surface area contributed by atoms with Gasteiger partial charge in [0, 0.05) is 0 Å². The Hall–Kier alpha value is -2.39. The molecular weight excluding hydrogens is 312 g/mol. The normalized spacial score (nSPS) is 10.3. The number of unbranched alkanes of at least 4 members (excludes halogenated alkanes) is 2. The number of hydrogen-bond acceptors (Lipinski definition) is 5. The number of nitriles is 1. The van der Waals surface area contributed by atoms with Gasteiger partial charge in [0.1, 0.15) is 21.7 Å². The average molecular weight is 330 g/mol. The van der Waals surface area contributed by atoms with Crippen molar-refractivity contribution in [2.75, 3.05) is 6.61 Å². The summed E-state index contributed by atoms with van der Waals surface area (Å²) < 4.78 is 5.82. The molecule has 120 valence electrons. The third-order valence-corrected chi connectivity index (χ3v) is 4.53. The Morgan fingerprint density at radius 1 is 1.43 bits per heavy atom. The molecular formula is C17H18N2O3S. The third-order valence-electron chi connectivity index (χ3n) is 3.35. The molecule has 0 saturated carbocycles. The Labute approximate surface area is 139 Å². The zero-order valence-corrected chi connectivity index (χ0v) is 13.9. The predicted octanol–water partition coefficient (Wildman–Crippen LogP) is 4.26. The lowest BCUT2D eigenvalue weighted by Gasteiger charge is -2.11. The van der Waals surface area contributed by atoms with Crippen molar-refractivity contribution in [2.24, 2.45) is 0 Å². The zero-order chi connectivity index (χ0) is 16.8. The van der Waals surface area contributed by atoms with Gasteiger partial charge in [-0.3, -0.25) is 0 Å². The van der Waals surface area contributed by atoms with Crippen molar-refractivity contribution in [1.82, 2.24) is 4.98 Å². The van der Waals surface area contributed by atoms with Crippen LogP contribution in [0.15, 0.2) is 18.2 Å². The fourth-order valence-electron chi connectivity index (χ4n) is 2.19. The van der Waals surface area contributed by atoms with Gasteiger partial charge in [0.15, 0.2) is 0 Å². The van der Waals surface area contributed by atoms with Gasteiger partial charge in [-0.15, -0.1) is 11.3 Å². The number of nitrogens with zero attached hydrogens (tertiary/aromatic N) is 2. The zero-order valence-electron chi connectivity index (χ0n) is 13.1. The minimum atomic E-state index is -0.992. The van der Waals surface area contributed by atoms with E-state index in [-0.39, 0.29) is 4.88 Å². The molecule has 0 aliphatic carbocycles. The number of aromatic carboxylic acids is 1. The van der Waals surface area contributed by atoms with Gasteiger partial charge < -0.3 is 9.84 Å². The highest BCUT2D eigenvalue weighted by molar-refractivity contribution is 7.17. The van der Waals surface area contributed by atoms with E-state index in [1.165, 1.54) is 0 Å². The molecule has 2 rings (SSSR count). The van der Waals surface area contributed by atoms with Crippen molar-refractivity contribution in [3.63, 3.8) is 0 Å². The SMILES string of the molecule is CCCCCOc1c(C#N)cccc1-c1nc(C)c(C(=O)O)s1. The minimum absolute atomic E-state index is 0.208. The van der Waals surface area contributed by atoms with Crippen LogP contribution in [-0.2, 0) is 0 Å². The second-order valence-corrected chi connectivity index (χ2v) is 6.09. The number of aromatic nitrogens is 1. The lowest BCUT2D eigenvalue weighted by atomic mass is 10.1. The molecule has 2 aromatic rings. The number of para-hydroxylation sites is 1. The molecule has 0 aliphatic heterocycles. The summed E-state index contributed by atoms with van der Waals surface area (Å²) in [5.74, 6) is -0.509. The lowest BCUT2D eigenvalue weighted by molar-refractivity contribution is 0.0701. The monoisotopic (exact) mass is 330 g/mol. The Balaban J connectivity index is 2.39. The fraction of sp³-hybridized carbons (Fsp3) is 0.353. The van der Waals surface area contributed by atoms with Crippen LogP contribution in [0.4, 0.5) is 0 Å². The van der Waals surface area contributed by atoms with Crippen LogP contribution in [-0.4, -0.2) is 22.7 Å². The van der Waals surface area contributed by atoms with Crippen molar-refractivity contribution in [3.05, 3.63) is 34.3 Å². The molecule has 0 bridgehead atoms. The number of carboxylic acid groups (broad SMARTS) is 1. The molecule has 0 unspecified atom stereocenters. The Bertz CT molecular complexity index is 747. The highest BCUT2D eigenvalue weighted by Crippen LogP contribution is 2.36. The van der Waals surface area contributed by atoms with Gasteiger partial charge in [-0.25, -0.2) is 9.78 Å². The van der Waals surface area contributed by atoms with E-state index < -0.39 is 5.97 Å². The summed E-state index contributed by atoms with van der Waals surface area (Å²) in [5.41, 5.74) is 1.57. The van der Waals surface area contributed by atoms with Crippen LogP contribution in [0.2, 0.25) is 0 Å². The largest absolute Gasteiger partial charge is 0.491 e. The molecule has 6 heteroatoms. The van der Waals surface area contributed by atoms with E-state index in [0.717, 1.165) is 30.6 Å². The molecule has 0 aliphatic rings. The molecule has 1 heterocycles. The maximum Gasteiger partial charge on any atom is 0.347 e. The number of thiazole rings is 1. The lowest BCUT2D eigenvalue weighted by Crippen LogP contribution is -2.00. The quantitative estimate of drug-likeness (QED) is 0.767. The fourth-order valence-corrected chi connectivity index (χ4v) is 3.11. The molecule has 0 amide bonds. The van der Waals surface area contributed by atoms with E-state index in [1.807, 2.05) is 0 Å².